The van der Waals surface area contributed by atoms with E-state index in [9.17, 15) is 0 Å². The third-order valence-electron chi connectivity index (χ3n) is 11.6. The molecule has 9 aromatic carbocycles. The Kier molecular flexibility index (Phi) is 7.53. The van der Waals surface area contributed by atoms with Gasteiger partial charge in [-0.2, -0.15) is 0 Å². The fourth-order valence-electron chi connectivity index (χ4n) is 8.96. The molecule has 0 fully saturated rings. The lowest BCUT2D eigenvalue weighted by Crippen LogP contribution is -2.39. The van der Waals surface area contributed by atoms with Crippen molar-refractivity contribution in [2.45, 2.75) is 6.17 Å². The van der Waals surface area contributed by atoms with Gasteiger partial charge in [-0.25, -0.2) is 0 Å². The van der Waals surface area contributed by atoms with Gasteiger partial charge >= 0.3 is 0 Å². The maximum atomic E-state index is 6.83. The average molecular weight is 758 g/mol. The van der Waals surface area contributed by atoms with Crippen LogP contribution in [0.3, 0.4) is 0 Å². The Bertz CT molecular complexity index is 3510. The molecule has 5 nitrogen and oxygen atoms in total. The molecule has 1 aliphatic heterocycles. The van der Waals surface area contributed by atoms with Crippen LogP contribution in [0.25, 0.3) is 71.5 Å². The maximum absolute atomic E-state index is 6.83. The van der Waals surface area contributed by atoms with E-state index in [1.807, 2.05) is 12.1 Å². The number of anilines is 3. The van der Waals surface area contributed by atoms with Crippen LogP contribution < -0.4 is 20.8 Å². The smallest absolute Gasteiger partial charge is 0.146 e. The molecule has 0 spiro atoms. The molecule has 0 bridgehead atoms. The maximum Gasteiger partial charge on any atom is 0.146 e. The second-order valence-corrected chi connectivity index (χ2v) is 15.1. The van der Waals surface area contributed by atoms with Crippen LogP contribution in [0.5, 0.6) is 0 Å². The molecule has 278 valence electrons. The Hall–Kier alpha value is -7.89. The van der Waals surface area contributed by atoms with Crippen molar-refractivity contribution in [2.24, 2.45) is 4.99 Å². The molecule has 0 saturated heterocycles. The highest BCUT2D eigenvalue weighted by Crippen LogP contribution is 2.43. The van der Waals surface area contributed by atoms with Crippen LogP contribution in [-0.2, 0) is 0 Å². The number of hydrogen-bond donors (Lipinski definition) is 1. The van der Waals surface area contributed by atoms with Gasteiger partial charge in [0.15, 0.2) is 0 Å². The highest BCUT2D eigenvalue weighted by molar-refractivity contribution is 6.20. The Balaban J connectivity index is 1.07. The largest absolute Gasteiger partial charge is 0.456 e. The first-order valence-corrected chi connectivity index (χ1v) is 20.0. The molecule has 11 aromatic rings. The zero-order valence-corrected chi connectivity index (χ0v) is 31.8. The quantitative estimate of drug-likeness (QED) is 0.184. The summed E-state index contributed by atoms with van der Waals surface area (Å²) >= 11 is 0. The molecule has 0 saturated carbocycles. The van der Waals surface area contributed by atoms with Gasteiger partial charge in [-0.15, -0.1) is 0 Å². The molecule has 1 aliphatic rings. The zero-order chi connectivity index (χ0) is 38.9. The molecule has 2 aromatic heterocycles. The monoisotopic (exact) mass is 757 g/mol. The fraction of sp³-hybridized carbons (Fsp3) is 0.0185. The molecule has 1 atom stereocenters. The van der Waals surface area contributed by atoms with E-state index in [-0.39, 0.29) is 0 Å². The van der Waals surface area contributed by atoms with Crippen molar-refractivity contribution < 1.29 is 8.83 Å². The van der Waals surface area contributed by atoms with Crippen molar-refractivity contribution in [3.63, 3.8) is 0 Å². The first kappa shape index (κ1) is 33.3. The molecule has 12 rings (SSSR count). The number of fused-ring (bicyclic) bond motifs is 9. The van der Waals surface area contributed by atoms with Crippen molar-refractivity contribution in [1.29, 1.82) is 0 Å². The van der Waals surface area contributed by atoms with E-state index in [1.165, 1.54) is 5.39 Å². The number of nitrogens with one attached hydrogen (secondary N) is 1. The second kappa shape index (κ2) is 13.4. The van der Waals surface area contributed by atoms with Crippen molar-refractivity contribution in [1.82, 2.24) is 5.32 Å². The molecule has 5 heteroatoms. The van der Waals surface area contributed by atoms with Crippen LogP contribution in [0, 0.1) is 0 Å². The standard InChI is InChI=1S/C54H35N3O2/c1-3-16-38(17-4-1)57(39-18-5-2-6-19-39)40-20-13-15-35(30-40)37-32-45(52-50(33-37)59-49-29-26-34-14-7-8-21-41(34)51(49)52)54-55-46-24-11-9-23-43(46)53(56-54)36-27-28-48-44(31-36)42-22-10-12-25-47(42)58-48/h1-33,54,56H. The van der Waals surface area contributed by atoms with Gasteiger partial charge < -0.3 is 19.1 Å². The summed E-state index contributed by atoms with van der Waals surface area (Å²) < 4.78 is 13.1. The summed E-state index contributed by atoms with van der Waals surface area (Å²) in [6.45, 7) is 0. The summed E-state index contributed by atoms with van der Waals surface area (Å²) in [6.07, 6.45) is -0.424. The van der Waals surface area contributed by atoms with Crippen LogP contribution in [0.2, 0.25) is 0 Å². The number of hydrogen-bond acceptors (Lipinski definition) is 5. The van der Waals surface area contributed by atoms with Crippen LogP contribution in [0.1, 0.15) is 17.3 Å². The lowest BCUT2D eigenvalue weighted by molar-refractivity contribution is 0.636. The summed E-state index contributed by atoms with van der Waals surface area (Å²) in [5, 5.41) is 12.6. The van der Waals surface area contributed by atoms with E-state index in [4.69, 9.17) is 13.8 Å². The number of furan rings is 2. The molecule has 59 heavy (non-hydrogen) atoms. The number of para-hydroxylation sites is 4. The Morgan fingerprint density at radius 3 is 1.95 bits per heavy atom. The predicted octanol–water partition coefficient (Wildman–Crippen LogP) is 12.9. The van der Waals surface area contributed by atoms with E-state index in [2.05, 4.69) is 198 Å². The summed E-state index contributed by atoms with van der Waals surface area (Å²) in [4.78, 5) is 7.77. The minimum Gasteiger partial charge on any atom is -0.456 e. The predicted molar refractivity (Wildman–Crippen MR) is 241 cm³/mol. The van der Waals surface area contributed by atoms with Crippen molar-refractivity contribution in [3.05, 3.63) is 222 Å². The summed E-state index contributed by atoms with van der Waals surface area (Å²) in [6, 6.07) is 70.2. The highest BCUT2D eigenvalue weighted by Gasteiger charge is 2.25. The normalized spacial score (nSPS) is 13.8. The first-order valence-electron chi connectivity index (χ1n) is 20.0. The third-order valence-corrected chi connectivity index (χ3v) is 11.6. The lowest BCUT2D eigenvalue weighted by atomic mass is 9.94. The van der Waals surface area contributed by atoms with Gasteiger partial charge in [-0.1, -0.05) is 115 Å². The molecule has 3 heterocycles. The lowest BCUT2D eigenvalue weighted by Gasteiger charge is -2.26. The Morgan fingerprint density at radius 1 is 0.424 bits per heavy atom. The highest BCUT2D eigenvalue weighted by atomic mass is 16.3. The molecule has 1 N–H and O–H groups in total. The molecule has 0 amide bonds. The van der Waals surface area contributed by atoms with Gasteiger partial charge in [0, 0.05) is 49.4 Å². The Morgan fingerprint density at radius 2 is 1.10 bits per heavy atom. The van der Waals surface area contributed by atoms with Crippen molar-refractivity contribution >= 4 is 77.4 Å². The average Bonchev–Trinajstić information content (AvgIpc) is 3.88. The van der Waals surface area contributed by atoms with Crippen LogP contribution in [0.15, 0.2) is 214 Å². The SMILES string of the molecule is c1ccc(N(c2ccccc2)c2cccc(-c3cc(C4N=c5ccccc5=C(c5ccc6oc7ccccc7c6c5)N4)c4c(c3)oc3ccc5ccccc5c34)c2)cc1. The summed E-state index contributed by atoms with van der Waals surface area (Å²) in [5.74, 6) is 0. The summed E-state index contributed by atoms with van der Waals surface area (Å²) in [7, 11) is 0. The van der Waals surface area contributed by atoms with Gasteiger partial charge in [-0.05, 0) is 112 Å². The van der Waals surface area contributed by atoms with Gasteiger partial charge in [0.25, 0.3) is 0 Å². The van der Waals surface area contributed by atoms with Crippen molar-refractivity contribution in [3.8, 4) is 11.1 Å². The van der Waals surface area contributed by atoms with Gasteiger partial charge in [-0.3, -0.25) is 4.99 Å². The van der Waals surface area contributed by atoms with E-state index in [1.54, 1.807) is 0 Å². The van der Waals surface area contributed by atoms with Gasteiger partial charge in [0.05, 0.1) is 11.1 Å². The third kappa shape index (κ3) is 5.51. The topological polar surface area (TPSA) is 53.9 Å². The van der Waals surface area contributed by atoms with Gasteiger partial charge in [0.2, 0.25) is 0 Å². The van der Waals surface area contributed by atoms with Gasteiger partial charge in [0.1, 0.15) is 28.5 Å². The second-order valence-electron chi connectivity index (χ2n) is 15.1. The van der Waals surface area contributed by atoms with E-state index >= 15 is 0 Å². The fourth-order valence-corrected chi connectivity index (χ4v) is 8.96. The van der Waals surface area contributed by atoms with E-state index < -0.39 is 6.17 Å². The summed E-state index contributed by atoms with van der Waals surface area (Å²) in [5.41, 5.74) is 11.9. The van der Waals surface area contributed by atoms with Crippen molar-refractivity contribution in [2.75, 3.05) is 4.90 Å². The zero-order valence-electron chi connectivity index (χ0n) is 31.8. The minimum atomic E-state index is -0.424. The molecule has 0 radical (unpaired) electrons. The Labute approximate surface area is 339 Å². The number of rotatable bonds is 6. The molecular formula is C54H35N3O2. The van der Waals surface area contributed by atoms with E-state index in [0.29, 0.717) is 0 Å². The minimum absolute atomic E-state index is 0.424. The van der Waals surface area contributed by atoms with E-state index in [0.717, 1.165) is 105 Å². The van der Waals surface area contributed by atoms with Crippen LogP contribution in [-0.4, -0.2) is 0 Å². The van der Waals surface area contributed by atoms with Crippen LogP contribution >= 0.6 is 0 Å². The number of nitrogens with zero attached hydrogens (tertiary/aromatic N) is 2. The number of benzene rings is 9. The molecule has 0 aliphatic carbocycles. The first-order chi connectivity index (χ1) is 29.2. The molecular weight excluding hydrogens is 723 g/mol. The molecule has 1 unspecified atom stereocenters. The van der Waals surface area contributed by atoms with Crippen LogP contribution in [0.4, 0.5) is 17.1 Å².